The number of aromatic nitrogens is 3. The molecule has 1 atom stereocenters. The van der Waals surface area contributed by atoms with Crippen molar-refractivity contribution >= 4 is 74.6 Å². The van der Waals surface area contributed by atoms with Crippen LogP contribution in [0.3, 0.4) is 0 Å². The van der Waals surface area contributed by atoms with Crippen LogP contribution in [0.5, 0.6) is 0 Å². The monoisotopic (exact) mass is 550 g/mol. The summed E-state index contributed by atoms with van der Waals surface area (Å²) < 4.78 is 46.0. The zero-order valence-corrected chi connectivity index (χ0v) is 17.7. The number of nitrogens with zero attached hydrogens (tertiary/aromatic N) is 4. The quantitative estimate of drug-likeness (QED) is 0.461. The minimum absolute atomic E-state index is 0.312. The molecule has 0 aliphatic rings. The Hall–Kier alpha value is -0.340. The standard InChI is InChI=1S/C10H9Br3N4O4S2/c1-16(22(18)19)7-3-2-4-8(5-7)17-6-14-15-9(17)23(20,21)10(11,12)13/h2-6H,1H3,(H,18,19). The van der Waals surface area contributed by atoms with E-state index in [4.69, 9.17) is 4.55 Å². The van der Waals surface area contributed by atoms with Gasteiger partial charge in [-0.2, -0.15) is 0 Å². The van der Waals surface area contributed by atoms with Gasteiger partial charge in [0, 0.05) is 7.05 Å². The molecule has 23 heavy (non-hydrogen) atoms. The van der Waals surface area contributed by atoms with Crippen molar-refractivity contribution in [1.82, 2.24) is 14.8 Å². The molecule has 8 nitrogen and oxygen atoms in total. The zero-order chi connectivity index (χ0) is 17.4. The number of hydrogen-bond acceptors (Lipinski definition) is 5. The highest BCUT2D eigenvalue weighted by Crippen LogP contribution is 2.42. The third kappa shape index (κ3) is 3.85. The maximum Gasteiger partial charge on any atom is 0.261 e. The first kappa shape index (κ1) is 19.0. The average Bonchev–Trinajstić information content (AvgIpc) is 2.95. The van der Waals surface area contributed by atoms with E-state index in [0.29, 0.717) is 11.4 Å². The van der Waals surface area contributed by atoms with E-state index in [0.717, 1.165) is 4.31 Å². The summed E-state index contributed by atoms with van der Waals surface area (Å²) in [4.78, 5) is 0. The van der Waals surface area contributed by atoms with Gasteiger partial charge in [0.15, 0.2) is 0 Å². The molecule has 0 spiro atoms. The van der Waals surface area contributed by atoms with Crippen molar-refractivity contribution in [2.45, 2.75) is 6.63 Å². The molecule has 0 bridgehead atoms. The van der Waals surface area contributed by atoms with Crippen LogP contribution in [0.2, 0.25) is 0 Å². The van der Waals surface area contributed by atoms with E-state index in [1.165, 1.54) is 24.0 Å². The maximum atomic E-state index is 12.5. The summed E-state index contributed by atoms with van der Waals surface area (Å²) in [6.45, 7) is 0. The van der Waals surface area contributed by atoms with Gasteiger partial charge in [-0.3, -0.25) is 13.4 Å². The molecule has 0 saturated heterocycles. The molecule has 2 aromatic rings. The van der Waals surface area contributed by atoms with Gasteiger partial charge in [0.05, 0.1) is 11.4 Å². The van der Waals surface area contributed by atoms with Gasteiger partial charge in [0.25, 0.3) is 16.4 Å². The van der Waals surface area contributed by atoms with E-state index >= 15 is 0 Å². The molecular formula is C10H9Br3N4O4S2. The molecule has 0 radical (unpaired) electrons. The minimum Gasteiger partial charge on any atom is -0.289 e. The lowest BCUT2D eigenvalue weighted by Gasteiger charge is -2.16. The fourth-order valence-corrected chi connectivity index (χ4v) is 3.99. The van der Waals surface area contributed by atoms with Gasteiger partial charge in [-0.05, 0) is 66.0 Å². The van der Waals surface area contributed by atoms with Crippen LogP contribution in [0.1, 0.15) is 0 Å². The van der Waals surface area contributed by atoms with E-state index < -0.39 is 22.6 Å². The second kappa shape index (κ2) is 6.88. The van der Waals surface area contributed by atoms with E-state index in [2.05, 4.69) is 58.0 Å². The average molecular weight is 553 g/mol. The molecule has 1 aromatic heterocycles. The first-order chi connectivity index (χ1) is 10.6. The number of alkyl halides is 3. The number of rotatable bonds is 4. The Labute approximate surface area is 160 Å². The summed E-state index contributed by atoms with van der Waals surface area (Å²) in [6.07, 6.45) is 1.24. The van der Waals surface area contributed by atoms with Crippen LogP contribution in [-0.2, 0) is 21.1 Å². The Morgan fingerprint density at radius 2 is 2.00 bits per heavy atom. The Kier molecular flexibility index (Phi) is 5.68. The minimum atomic E-state index is -3.94. The first-order valence-electron chi connectivity index (χ1n) is 5.72. The molecular weight excluding hydrogens is 544 g/mol. The van der Waals surface area contributed by atoms with Gasteiger partial charge in [0.2, 0.25) is 11.3 Å². The van der Waals surface area contributed by atoms with Crippen LogP contribution in [0, 0.1) is 0 Å². The number of sulfone groups is 1. The molecule has 1 unspecified atom stereocenters. The van der Waals surface area contributed by atoms with Crippen molar-refractivity contribution in [3.63, 3.8) is 0 Å². The molecule has 1 aromatic carbocycles. The molecule has 13 heteroatoms. The third-order valence-corrected chi connectivity index (χ3v) is 8.65. The lowest BCUT2D eigenvalue weighted by Crippen LogP contribution is -2.22. The molecule has 0 aliphatic carbocycles. The second-order valence-electron chi connectivity index (χ2n) is 4.18. The predicted molar refractivity (Wildman–Crippen MR) is 97.2 cm³/mol. The topological polar surface area (TPSA) is 105 Å². The fourth-order valence-electron chi connectivity index (χ4n) is 1.62. The largest absolute Gasteiger partial charge is 0.289 e. The number of benzene rings is 1. The summed E-state index contributed by atoms with van der Waals surface area (Å²) in [7, 11) is -2.51. The number of anilines is 1. The molecule has 0 fully saturated rings. The Morgan fingerprint density at radius 1 is 1.35 bits per heavy atom. The number of hydrogen-bond donors (Lipinski definition) is 1. The van der Waals surface area contributed by atoms with E-state index in [1.807, 2.05) is 0 Å². The van der Waals surface area contributed by atoms with Crippen molar-refractivity contribution in [2.24, 2.45) is 0 Å². The second-order valence-corrected chi connectivity index (χ2v) is 15.5. The van der Waals surface area contributed by atoms with Gasteiger partial charge in [0.1, 0.15) is 6.33 Å². The summed E-state index contributed by atoms with van der Waals surface area (Å²) >= 11 is 6.70. The Bertz CT molecular complexity index is 850. The van der Waals surface area contributed by atoms with Crippen molar-refractivity contribution in [1.29, 1.82) is 0 Å². The highest BCUT2D eigenvalue weighted by molar-refractivity contribution is 9.42. The summed E-state index contributed by atoms with van der Waals surface area (Å²) in [5, 5.41) is 6.98. The Balaban J connectivity index is 2.57. The van der Waals surface area contributed by atoms with E-state index in [-0.39, 0.29) is 5.16 Å². The van der Waals surface area contributed by atoms with Crippen molar-refractivity contribution in [3.8, 4) is 5.69 Å². The van der Waals surface area contributed by atoms with Crippen molar-refractivity contribution < 1.29 is 17.2 Å². The smallest absolute Gasteiger partial charge is 0.261 e. The highest BCUT2D eigenvalue weighted by Gasteiger charge is 2.41. The van der Waals surface area contributed by atoms with Gasteiger partial charge >= 0.3 is 0 Å². The Morgan fingerprint density at radius 3 is 2.57 bits per heavy atom. The lowest BCUT2D eigenvalue weighted by atomic mass is 10.3. The molecule has 2 rings (SSSR count). The fraction of sp³-hybridized carbons (Fsp3) is 0.200. The summed E-state index contributed by atoms with van der Waals surface area (Å²) in [6, 6.07) is 6.39. The van der Waals surface area contributed by atoms with Crippen LogP contribution in [0.4, 0.5) is 5.69 Å². The van der Waals surface area contributed by atoms with Crippen LogP contribution in [0.25, 0.3) is 5.69 Å². The van der Waals surface area contributed by atoms with Crippen molar-refractivity contribution in [2.75, 3.05) is 11.4 Å². The highest BCUT2D eigenvalue weighted by atomic mass is 80.0. The molecule has 0 saturated carbocycles. The van der Waals surface area contributed by atoms with Crippen LogP contribution in [0.15, 0.2) is 35.7 Å². The third-order valence-electron chi connectivity index (χ3n) is 2.77. The van der Waals surface area contributed by atoms with Crippen molar-refractivity contribution in [3.05, 3.63) is 30.6 Å². The van der Waals surface area contributed by atoms with Gasteiger partial charge in [-0.1, -0.05) is 6.07 Å². The van der Waals surface area contributed by atoms with Crippen LogP contribution < -0.4 is 4.31 Å². The van der Waals surface area contributed by atoms with Gasteiger partial charge in [-0.25, -0.2) is 12.6 Å². The molecule has 1 heterocycles. The summed E-state index contributed by atoms with van der Waals surface area (Å²) in [5.74, 6) is 0. The maximum absolute atomic E-state index is 12.5. The van der Waals surface area contributed by atoms with E-state index in [9.17, 15) is 12.6 Å². The van der Waals surface area contributed by atoms with Crippen LogP contribution >= 0.6 is 47.8 Å². The number of halogens is 3. The summed E-state index contributed by atoms with van der Waals surface area (Å²) in [5.41, 5.74) is 0.836. The first-order valence-corrected chi connectivity index (χ1v) is 10.6. The van der Waals surface area contributed by atoms with Gasteiger partial charge in [-0.15, -0.1) is 10.2 Å². The van der Waals surface area contributed by atoms with Crippen LogP contribution in [-0.4, -0.2) is 40.5 Å². The molecule has 0 aliphatic heterocycles. The molecule has 126 valence electrons. The lowest BCUT2D eigenvalue weighted by molar-refractivity contribution is 0.562. The van der Waals surface area contributed by atoms with Gasteiger partial charge < -0.3 is 0 Å². The molecule has 1 N–H and O–H groups in total. The normalized spacial score (nSPS) is 13.8. The molecule has 0 amide bonds. The SMILES string of the molecule is CN(c1cccc(-n2cnnc2S(=O)(=O)C(Br)(Br)Br)c1)S(=O)O. The predicted octanol–water partition coefficient (Wildman–Crippen LogP) is 2.41. The zero-order valence-electron chi connectivity index (χ0n) is 11.3. The van der Waals surface area contributed by atoms with E-state index in [1.54, 1.807) is 18.2 Å².